The quantitative estimate of drug-likeness (QED) is 0.735. The van der Waals surface area contributed by atoms with E-state index >= 15 is 0 Å². The summed E-state index contributed by atoms with van der Waals surface area (Å²) in [5.74, 6) is 0.461. The molecule has 0 amide bonds. The zero-order valence-corrected chi connectivity index (χ0v) is 11.3. The van der Waals surface area contributed by atoms with Gasteiger partial charge in [0.05, 0.1) is 10.9 Å². The molecule has 2 rings (SSSR count). The van der Waals surface area contributed by atoms with Crippen molar-refractivity contribution in [2.75, 3.05) is 0 Å². The Morgan fingerprint density at radius 3 is 3.00 bits per heavy atom. The first-order chi connectivity index (χ1) is 8.54. The summed E-state index contributed by atoms with van der Waals surface area (Å²) >= 11 is 1.32. The van der Waals surface area contributed by atoms with Crippen molar-refractivity contribution in [2.24, 2.45) is 5.73 Å². The molecular formula is C9H13N5O2S2. The van der Waals surface area contributed by atoms with E-state index < -0.39 is 16.1 Å². The van der Waals surface area contributed by atoms with E-state index in [9.17, 15) is 8.42 Å². The predicted molar refractivity (Wildman–Crippen MR) is 67.3 cm³/mol. The van der Waals surface area contributed by atoms with E-state index in [1.165, 1.54) is 17.7 Å². The van der Waals surface area contributed by atoms with Crippen molar-refractivity contribution in [3.05, 3.63) is 28.5 Å². The molecule has 1 atom stereocenters. The smallest absolute Gasteiger partial charge is 0.242 e. The number of thiophene rings is 1. The molecule has 0 saturated carbocycles. The van der Waals surface area contributed by atoms with Crippen molar-refractivity contribution < 1.29 is 8.42 Å². The predicted octanol–water partition coefficient (Wildman–Crippen LogP) is 0.364. The van der Waals surface area contributed by atoms with Crippen LogP contribution in [0, 0.1) is 0 Å². The van der Waals surface area contributed by atoms with Gasteiger partial charge < -0.3 is 5.73 Å². The number of aromatic nitrogens is 3. The van der Waals surface area contributed by atoms with Crippen molar-refractivity contribution in [1.82, 2.24) is 19.9 Å². The Bertz CT molecular complexity index is 605. The summed E-state index contributed by atoms with van der Waals surface area (Å²) in [6.45, 7) is 1.89. The molecule has 0 spiro atoms. The lowest BCUT2D eigenvalue weighted by Crippen LogP contribution is -2.28. The van der Waals surface area contributed by atoms with Gasteiger partial charge in [0.2, 0.25) is 10.0 Å². The second kappa shape index (κ2) is 5.14. The molecule has 1 unspecified atom stereocenters. The topological polar surface area (TPSA) is 114 Å². The minimum atomic E-state index is -3.59. The molecule has 0 aliphatic heterocycles. The van der Waals surface area contributed by atoms with Crippen LogP contribution in [0.15, 0.2) is 22.7 Å². The van der Waals surface area contributed by atoms with Crippen LogP contribution in [0.5, 0.6) is 0 Å². The Morgan fingerprint density at radius 2 is 2.39 bits per heavy atom. The Kier molecular flexibility index (Phi) is 3.76. The van der Waals surface area contributed by atoms with E-state index in [-0.39, 0.29) is 11.4 Å². The van der Waals surface area contributed by atoms with Gasteiger partial charge in [0.25, 0.3) is 0 Å². The zero-order valence-electron chi connectivity index (χ0n) is 9.62. The fourth-order valence-electron chi connectivity index (χ4n) is 1.49. The maximum atomic E-state index is 12.2. The summed E-state index contributed by atoms with van der Waals surface area (Å²) < 4.78 is 26.8. The normalized spacial score (nSPS) is 13.7. The summed E-state index contributed by atoms with van der Waals surface area (Å²) in [6.07, 6.45) is 1.33. The summed E-state index contributed by atoms with van der Waals surface area (Å²) in [5, 5.41) is 8.01. The van der Waals surface area contributed by atoms with Crippen molar-refractivity contribution in [2.45, 2.75) is 24.4 Å². The molecule has 0 aliphatic rings. The molecule has 0 bridgehead atoms. The molecule has 0 aromatic carbocycles. The maximum Gasteiger partial charge on any atom is 0.242 e. The average molecular weight is 287 g/mol. The first-order valence-corrected chi connectivity index (χ1v) is 7.55. The highest BCUT2D eigenvalue weighted by Gasteiger charge is 2.23. The average Bonchev–Trinajstić information content (AvgIpc) is 2.99. The van der Waals surface area contributed by atoms with Crippen LogP contribution < -0.4 is 10.5 Å². The number of nitrogens with two attached hydrogens (primary N) is 1. The number of aromatic amines is 1. The van der Waals surface area contributed by atoms with Crippen LogP contribution in [0.1, 0.15) is 23.7 Å². The molecule has 0 saturated heterocycles. The van der Waals surface area contributed by atoms with E-state index in [1.54, 1.807) is 18.4 Å². The third-order valence-corrected chi connectivity index (χ3v) is 5.05. The largest absolute Gasteiger partial charge is 0.326 e. The van der Waals surface area contributed by atoms with Crippen LogP contribution in [-0.2, 0) is 16.6 Å². The van der Waals surface area contributed by atoms with Gasteiger partial charge >= 0.3 is 0 Å². The second-order valence-electron chi connectivity index (χ2n) is 3.63. The number of hydrogen-bond acceptors (Lipinski definition) is 6. The fraction of sp³-hybridized carbons (Fsp3) is 0.333. The van der Waals surface area contributed by atoms with Gasteiger partial charge in [-0.3, -0.25) is 5.10 Å². The van der Waals surface area contributed by atoms with Gasteiger partial charge in [0, 0.05) is 11.4 Å². The van der Waals surface area contributed by atoms with E-state index in [1.807, 2.05) is 0 Å². The van der Waals surface area contributed by atoms with Gasteiger partial charge in [-0.1, -0.05) is 0 Å². The summed E-state index contributed by atoms with van der Waals surface area (Å²) in [5.41, 5.74) is 5.51. The number of hydrogen-bond donors (Lipinski definition) is 3. The standard InChI is InChI=1S/C9H13N5O2S2/c1-6(9-11-5-12-13-9)14-18(15,16)8-2-3-17-7(8)4-10/h2-3,5-6,14H,4,10H2,1H3,(H,11,12,13). The molecule has 0 aliphatic carbocycles. The van der Waals surface area contributed by atoms with Gasteiger partial charge in [-0.2, -0.15) is 5.10 Å². The highest BCUT2D eigenvalue weighted by molar-refractivity contribution is 7.89. The lowest BCUT2D eigenvalue weighted by Gasteiger charge is -2.11. The van der Waals surface area contributed by atoms with Gasteiger partial charge in [-0.05, 0) is 18.4 Å². The Balaban J connectivity index is 2.23. The van der Waals surface area contributed by atoms with Crippen molar-refractivity contribution in [3.63, 3.8) is 0 Å². The molecule has 9 heteroatoms. The van der Waals surface area contributed by atoms with E-state index in [4.69, 9.17) is 5.73 Å². The first-order valence-electron chi connectivity index (χ1n) is 5.18. The molecule has 4 N–H and O–H groups in total. The number of H-pyrrole nitrogens is 1. The van der Waals surface area contributed by atoms with E-state index in [0.29, 0.717) is 10.7 Å². The van der Waals surface area contributed by atoms with E-state index in [0.717, 1.165) is 0 Å². The molecule has 2 heterocycles. The lowest BCUT2D eigenvalue weighted by molar-refractivity contribution is 0.560. The number of rotatable bonds is 5. The van der Waals surface area contributed by atoms with Gasteiger partial charge in [-0.25, -0.2) is 18.1 Å². The highest BCUT2D eigenvalue weighted by Crippen LogP contribution is 2.22. The number of nitrogens with one attached hydrogen (secondary N) is 2. The number of nitrogens with zero attached hydrogens (tertiary/aromatic N) is 2. The fourth-order valence-corrected chi connectivity index (χ4v) is 4.04. The molecule has 98 valence electrons. The van der Waals surface area contributed by atoms with Crippen LogP contribution in [0.4, 0.5) is 0 Å². The van der Waals surface area contributed by atoms with Crippen LogP contribution in [0.2, 0.25) is 0 Å². The SMILES string of the molecule is CC(NS(=O)(=O)c1ccsc1CN)c1ncn[nH]1. The third-order valence-electron chi connectivity index (χ3n) is 2.36. The first kappa shape index (κ1) is 13.1. The molecule has 18 heavy (non-hydrogen) atoms. The Labute approximate surface area is 108 Å². The molecule has 2 aromatic rings. The maximum absolute atomic E-state index is 12.2. The van der Waals surface area contributed by atoms with E-state index in [2.05, 4.69) is 19.9 Å². The van der Waals surface area contributed by atoms with Crippen molar-refractivity contribution in [3.8, 4) is 0 Å². The third kappa shape index (κ3) is 2.58. The lowest BCUT2D eigenvalue weighted by atomic mass is 10.3. The Morgan fingerprint density at radius 1 is 1.61 bits per heavy atom. The van der Waals surface area contributed by atoms with Crippen molar-refractivity contribution >= 4 is 21.4 Å². The van der Waals surface area contributed by atoms with Gasteiger partial charge in [0.1, 0.15) is 12.2 Å². The van der Waals surface area contributed by atoms with Crippen LogP contribution in [0.25, 0.3) is 0 Å². The second-order valence-corrected chi connectivity index (χ2v) is 6.31. The summed E-state index contributed by atoms with van der Waals surface area (Å²) in [4.78, 5) is 4.76. The molecule has 0 radical (unpaired) electrons. The van der Waals surface area contributed by atoms with Crippen LogP contribution in [-0.4, -0.2) is 23.6 Å². The minimum Gasteiger partial charge on any atom is -0.326 e. The summed E-state index contributed by atoms with van der Waals surface area (Å²) in [6, 6.07) is 1.06. The monoisotopic (exact) mass is 287 g/mol. The molecule has 7 nitrogen and oxygen atoms in total. The number of sulfonamides is 1. The molecule has 0 fully saturated rings. The Hall–Kier alpha value is -1.29. The van der Waals surface area contributed by atoms with Crippen molar-refractivity contribution in [1.29, 1.82) is 0 Å². The minimum absolute atomic E-state index is 0.199. The highest BCUT2D eigenvalue weighted by atomic mass is 32.2. The van der Waals surface area contributed by atoms with Crippen LogP contribution >= 0.6 is 11.3 Å². The zero-order chi connectivity index (χ0) is 13.2. The van der Waals surface area contributed by atoms with Crippen LogP contribution in [0.3, 0.4) is 0 Å². The van der Waals surface area contributed by atoms with Gasteiger partial charge in [0.15, 0.2) is 0 Å². The molecular weight excluding hydrogens is 274 g/mol. The summed E-state index contributed by atoms with van der Waals surface area (Å²) in [7, 11) is -3.59. The van der Waals surface area contributed by atoms with Gasteiger partial charge in [-0.15, -0.1) is 11.3 Å². The molecule has 2 aromatic heterocycles.